The summed E-state index contributed by atoms with van der Waals surface area (Å²) >= 11 is 0. The number of aliphatic carboxylic acids is 2. The van der Waals surface area contributed by atoms with E-state index in [1.54, 1.807) is 0 Å². The molecule has 0 aliphatic heterocycles. The average molecular weight is 311 g/mol. The minimum Gasteiger partial charge on any atom is -0.652 e. The molecule has 0 radical (unpaired) electrons. The summed E-state index contributed by atoms with van der Waals surface area (Å²) in [4.78, 5) is 33.0. The molecule has 8 nitrogen and oxygen atoms in total. The predicted molar refractivity (Wildman–Crippen MR) is 56.8 cm³/mol. The Balaban J connectivity index is 0. The number of carboxylic acid groups (broad SMARTS) is 2. The summed E-state index contributed by atoms with van der Waals surface area (Å²) < 4.78 is 4.41. The molecule has 0 unspecified atom stereocenters. The zero-order valence-corrected chi connectivity index (χ0v) is 10.7. The van der Waals surface area contributed by atoms with Crippen molar-refractivity contribution in [2.75, 3.05) is 39.8 Å². The Labute approximate surface area is 115 Å². The van der Waals surface area contributed by atoms with Crippen molar-refractivity contribution in [2.45, 2.75) is 0 Å². The second kappa shape index (κ2) is 11.0. The van der Waals surface area contributed by atoms with Crippen LogP contribution in [0.25, 0.3) is 5.32 Å². The van der Waals surface area contributed by atoms with Crippen molar-refractivity contribution < 1.29 is 46.4 Å². The maximum absolute atomic E-state index is 11.0. The summed E-state index contributed by atoms with van der Waals surface area (Å²) in [6.07, 6.45) is 0. The van der Waals surface area contributed by atoms with Gasteiger partial charge in [0.2, 0.25) is 0 Å². The van der Waals surface area contributed by atoms with E-state index in [-0.39, 0.29) is 49.8 Å². The van der Waals surface area contributed by atoms with Crippen LogP contribution in [0.1, 0.15) is 0 Å². The zero-order chi connectivity index (χ0) is 13.3. The van der Waals surface area contributed by atoms with Crippen molar-refractivity contribution in [1.29, 1.82) is 0 Å². The number of carbonyl (C=O) groups is 3. The molecular formula is C9H15CuN2O6. The van der Waals surface area contributed by atoms with E-state index in [4.69, 9.17) is 10.2 Å². The van der Waals surface area contributed by atoms with Crippen LogP contribution in [0.4, 0.5) is 0 Å². The maximum Gasteiger partial charge on any atom is 1.00 e. The van der Waals surface area contributed by atoms with Crippen molar-refractivity contribution in [3.8, 4) is 0 Å². The summed E-state index contributed by atoms with van der Waals surface area (Å²) in [6, 6.07) is 0. The maximum atomic E-state index is 11.0. The number of rotatable bonds is 9. The number of ether oxygens (including phenoxy) is 1. The van der Waals surface area contributed by atoms with Gasteiger partial charge in [-0.1, -0.05) is 0 Å². The van der Waals surface area contributed by atoms with E-state index in [1.165, 1.54) is 12.0 Å². The third kappa shape index (κ3) is 11.3. The predicted octanol–water partition coefficient (Wildman–Crippen LogP) is -0.998. The van der Waals surface area contributed by atoms with Gasteiger partial charge in [-0.25, -0.2) is 0 Å². The number of carbonyl (C=O) groups excluding carboxylic acids is 1. The van der Waals surface area contributed by atoms with Crippen LogP contribution in [0.5, 0.6) is 0 Å². The van der Waals surface area contributed by atoms with Crippen LogP contribution in [0.15, 0.2) is 0 Å². The van der Waals surface area contributed by atoms with Gasteiger partial charge < -0.3 is 20.3 Å². The largest absolute Gasteiger partial charge is 1.00 e. The summed E-state index contributed by atoms with van der Waals surface area (Å²) in [5.41, 5.74) is 0. The molecule has 108 valence electrons. The standard InChI is InChI=1S/C9H15N2O6.Cu/c1-17-9(16)6-11(5-8(14)15)3-2-10-4-7(12)13;/h2-6H2,1H3,(H,12,13)(H,14,15);/q-1;+1. The van der Waals surface area contributed by atoms with Gasteiger partial charge in [0.1, 0.15) is 0 Å². The van der Waals surface area contributed by atoms with Gasteiger partial charge in [0.15, 0.2) is 0 Å². The SMILES string of the molecule is COC(=O)CN(CC[N-]CC(=O)O)CC(=O)O.[Cu+]. The van der Waals surface area contributed by atoms with Crippen LogP contribution in [0.2, 0.25) is 0 Å². The summed E-state index contributed by atoms with van der Waals surface area (Å²) in [7, 11) is 1.20. The first kappa shape index (κ1) is 19.2. The van der Waals surface area contributed by atoms with Crippen molar-refractivity contribution in [3.05, 3.63) is 5.32 Å². The number of nitrogens with zero attached hydrogens (tertiary/aromatic N) is 2. The number of hydrogen-bond donors (Lipinski definition) is 2. The number of esters is 1. The van der Waals surface area contributed by atoms with E-state index < -0.39 is 17.9 Å². The number of hydrogen-bond acceptors (Lipinski definition) is 5. The summed E-state index contributed by atoms with van der Waals surface area (Å²) in [5.74, 6) is -2.68. The van der Waals surface area contributed by atoms with E-state index in [9.17, 15) is 14.4 Å². The number of carboxylic acids is 2. The first-order chi connectivity index (χ1) is 7.95. The molecular weight excluding hydrogens is 296 g/mol. The molecule has 2 N–H and O–H groups in total. The molecule has 0 aromatic rings. The second-order valence-corrected chi connectivity index (χ2v) is 3.18. The molecule has 0 saturated heterocycles. The van der Waals surface area contributed by atoms with E-state index >= 15 is 0 Å². The van der Waals surface area contributed by atoms with Crippen molar-refractivity contribution >= 4 is 17.9 Å². The minimum atomic E-state index is -1.08. The van der Waals surface area contributed by atoms with E-state index in [0.29, 0.717) is 0 Å². The molecule has 0 aromatic carbocycles. The average Bonchev–Trinajstić information content (AvgIpc) is 2.22. The van der Waals surface area contributed by atoms with Crippen molar-refractivity contribution in [2.24, 2.45) is 0 Å². The fourth-order valence-electron chi connectivity index (χ4n) is 1.04. The molecule has 0 aliphatic rings. The second-order valence-electron chi connectivity index (χ2n) is 3.18. The molecule has 9 heteroatoms. The normalized spacial score (nSPS) is 9.67. The first-order valence-electron chi connectivity index (χ1n) is 4.81. The fourth-order valence-corrected chi connectivity index (χ4v) is 1.04. The van der Waals surface area contributed by atoms with Gasteiger partial charge in [0.25, 0.3) is 5.97 Å². The van der Waals surface area contributed by atoms with Crippen LogP contribution < -0.4 is 0 Å². The number of methoxy groups -OCH3 is 1. The Bertz CT molecular complexity index is 286. The third-order valence-electron chi connectivity index (χ3n) is 1.76. The van der Waals surface area contributed by atoms with Crippen molar-refractivity contribution in [1.82, 2.24) is 4.90 Å². The third-order valence-corrected chi connectivity index (χ3v) is 1.76. The van der Waals surface area contributed by atoms with Gasteiger partial charge in [0, 0.05) is 0 Å². The zero-order valence-electron chi connectivity index (χ0n) is 9.76. The van der Waals surface area contributed by atoms with Crippen LogP contribution in [-0.2, 0) is 36.2 Å². The van der Waals surface area contributed by atoms with Crippen molar-refractivity contribution in [3.63, 3.8) is 0 Å². The molecule has 0 spiro atoms. The van der Waals surface area contributed by atoms with Gasteiger partial charge in [0.05, 0.1) is 20.2 Å². The smallest absolute Gasteiger partial charge is 0.652 e. The van der Waals surface area contributed by atoms with Crippen LogP contribution in [-0.4, -0.2) is 72.9 Å². The molecule has 18 heavy (non-hydrogen) atoms. The Hall–Kier alpha value is -1.15. The molecule has 0 saturated carbocycles. The fraction of sp³-hybridized carbons (Fsp3) is 0.667. The molecule has 0 fully saturated rings. The molecule has 0 amide bonds. The quantitative estimate of drug-likeness (QED) is 0.318. The van der Waals surface area contributed by atoms with E-state index in [2.05, 4.69) is 10.1 Å². The monoisotopic (exact) mass is 310 g/mol. The Kier molecular flexibility index (Phi) is 11.7. The Morgan fingerprint density at radius 2 is 1.78 bits per heavy atom. The van der Waals surface area contributed by atoms with Gasteiger partial charge in [-0.3, -0.25) is 19.3 Å². The summed E-state index contributed by atoms with van der Waals surface area (Å²) in [5, 5.41) is 20.6. The first-order valence-corrected chi connectivity index (χ1v) is 4.81. The summed E-state index contributed by atoms with van der Waals surface area (Å²) in [6.45, 7) is -0.479. The van der Waals surface area contributed by atoms with Gasteiger partial charge in [-0.15, -0.1) is 6.54 Å². The minimum absolute atomic E-state index is 0. The van der Waals surface area contributed by atoms with Gasteiger partial charge >= 0.3 is 29.0 Å². The molecule has 0 rings (SSSR count). The van der Waals surface area contributed by atoms with Crippen LogP contribution in [0.3, 0.4) is 0 Å². The van der Waals surface area contributed by atoms with Crippen LogP contribution >= 0.6 is 0 Å². The van der Waals surface area contributed by atoms with Crippen LogP contribution in [0, 0.1) is 0 Å². The molecule has 0 atom stereocenters. The molecule has 0 aromatic heterocycles. The molecule has 0 bridgehead atoms. The Morgan fingerprint density at radius 3 is 2.22 bits per heavy atom. The van der Waals surface area contributed by atoms with E-state index in [1.807, 2.05) is 0 Å². The van der Waals surface area contributed by atoms with Gasteiger partial charge in [-0.05, 0) is 13.1 Å². The molecule has 0 heterocycles. The molecule has 0 aliphatic carbocycles. The topological polar surface area (TPSA) is 118 Å². The Morgan fingerprint density at radius 1 is 1.17 bits per heavy atom. The van der Waals surface area contributed by atoms with Gasteiger partial charge in [-0.2, -0.15) is 0 Å². The van der Waals surface area contributed by atoms with E-state index in [0.717, 1.165) is 0 Å².